The van der Waals surface area contributed by atoms with Crippen molar-refractivity contribution in [2.75, 3.05) is 26.2 Å². The first-order valence-electron chi connectivity index (χ1n) is 6.77. The van der Waals surface area contributed by atoms with E-state index in [1.807, 2.05) is 18.7 Å². The summed E-state index contributed by atoms with van der Waals surface area (Å²) in [4.78, 5) is 13.9. The van der Waals surface area contributed by atoms with Crippen molar-refractivity contribution in [2.45, 2.75) is 45.6 Å². The van der Waals surface area contributed by atoms with Crippen molar-refractivity contribution < 1.29 is 9.90 Å². The van der Waals surface area contributed by atoms with E-state index in [-0.39, 0.29) is 24.5 Å². The van der Waals surface area contributed by atoms with Crippen LogP contribution in [0, 0.1) is 5.92 Å². The molecule has 0 saturated carbocycles. The lowest BCUT2D eigenvalue weighted by atomic mass is 10.1. The number of aliphatic hydroxyl groups is 1. The van der Waals surface area contributed by atoms with Crippen LogP contribution in [0.15, 0.2) is 0 Å². The number of nitrogens with one attached hydrogen (secondary N) is 1. The van der Waals surface area contributed by atoms with Crippen molar-refractivity contribution in [1.29, 1.82) is 0 Å². The zero-order valence-corrected chi connectivity index (χ0v) is 11.1. The van der Waals surface area contributed by atoms with Crippen molar-refractivity contribution in [3.8, 4) is 0 Å². The first-order chi connectivity index (χ1) is 8.15. The van der Waals surface area contributed by atoms with Gasteiger partial charge in [0, 0.05) is 25.7 Å². The van der Waals surface area contributed by atoms with Gasteiger partial charge in [0.05, 0.1) is 6.54 Å². The molecule has 0 spiro atoms. The average Bonchev–Trinajstić information content (AvgIpc) is 2.63. The molecule has 0 radical (unpaired) electrons. The van der Waals surface area contributed by atoms with E-state index >= 15 is 0 Å². The topological polar surface area (TPSA) is 52.6 Å². The van der Waals surface area contributed by atoms with Crippen LogP contribution in [0.2, 0.25) is 0 Å². The molecule has 2 N–H and O–H groups in total. The fraction of sp³-hybridized carbons (Fsp3) is 0.923. The normalized spacial score (nSPS) is 20.8. The number of carbonyl (C=O) groups excluding carboxylic acids is 1. The van der Waals surface area contributed by atoms with E-state index in [1.54, 1.807) is 0 Å². The van der Waals surface area contributed by atoms with E-state index in [4.69, 9.17) is 5.11 Å². The second kappa shape index (κ2) is 7.67. The third kappa shape index (κ3) is 5.04. The predicted molar refractivity (Wildman–Crippen MR) is 68.8 cm³/mol. The van der Waals surface area contributed by atoms with Crippen molar-refractivity contribution in [3.63, 3.8) is 0 Å². The van der Waals surface area contributed by atoms with Gasteiger partial charge in [0.15, 0.2) is 0 Å². The highest BCUT2D eigenvalue weighted by Gasteiger charge is 2.17. The van der Waals surface area contributed by atoms with Gasteiger partial charge in [0.25, 0.3) is 0 Å². The molecule has 17 heavy (non-hydrogen) atoms. The second-order valence-corrected chi connectivity index (χ2v) is 5.12. The molecule has 1 saturated heterocycles. The molecule has 100 valence electrons. The quantitative estimate of drug-likeness (QED) is 0.756. The molecule has 0 aromatic carbocycles. The second-order valence-electron chi connectivity index (χ2n) is 5.12. The van der Waals surface area contributed by atoms with Crippen molar-refractivity contribution in [3.05, 3.63) is 0 Å². The molecule has 2 unspecified atom stereocenters. The summed E-state index contributed by atoms with van der Waals surface area (Å²) in [5, 5.41) is 12.2. The molecule has 4 nitrogen and oxygen atoms in total. The zero-order valence-electron chi connectivity index (χ0n) is 11.1. The Bertz CT molecular complexity index is 225. The van der Waals surface area contributed by atoms with Gasteiger partial charge < -0.3 is 15.3 Å². The summed E-state index contributed by atoms with van der Waals surface area (Å²) < 4.78 is 0. The van der Waals surface area contributed by atoms with Gasteiger partial charge in [-0.3, -0.25) is 4.79 Å². The van der Waals surface area contributed by atoms with E-state index in [1.165, 1.54) is 12.8 Å². The lowest BCUT2D eigenvalue weighted by Crippen LogP contribution is -2.43. The number of hydrogen-bond acceptors (Lipinski definition) is 3. The maximum atomic E-state index is 12.0. The van der Waals surface area contributed by atoms with E-state index in [0.29, 0.717) is 6.54 Å². The lowest BCUT2D eigenvalue weighted by molar-refractivity contribution is -0.130. The van der Waals surface area contributed by atoms with Gasteiger partial charge in [-0.2, -0.15) is 0 Å². The summed E-state index contributed by atoms with van der Waals surface area (Å²) in [5.74, 6) is 0.385. The largest absolute Gasteiger partial charge is 0.396 e. The monoisotopic (exact) mass is 242 g/mol. The Morgan fingerprint density at radius 3 is 2.35 bits per heavy atom. The number of aliphatic hydroxyl groups excluding tert-OH is 1. The molecular weight excluding hydrogens is 216 g/mol. The highest BCUT2D eigenvalue weighted by Crippen LogP contribution is 2.09. The standard InChI is InChI=1S/C13H26N2O2/c1-11(10-16)12(2)14-9-13(17)15-7-5-3-4-6-8-15/h11-12,14,16H,3-10H2,1-2H3. The number of nitrogens with zero attached hydrogens (tertiary/aromatic N) is 1. The first kappa shape index (κ1) is 14.5. The Morgan fingerprint density at radius 2 is 1.82 bits per heavy atom. The van der Waals surface area contributed by atoms with E-state index in [0.717, 1.165) is 25.9 Å². The molecule has 0 bridgehead atoms. The maximum absolute atomic E-state index is 12.0. The van der Waals surface area contributed by atoms with E-state index in [9.17, 15) is 4.79 Å². The molecule has 4 heteroatoms. The Kier molecular flexibility index (Phi) is 6.52. The minimum atomic E-state index is 0.159. The van der Waals surface area contributed by atoms with Crippen LogP contribution in [0.4, 0.5) is 0 Å². The lowest BCUT2D eigenvalue weighted by Gasteiger charge is -2.23. The van der Waals surface area contributed by atoms with E-state index < -0.39 is 0 Å². The molecular formula is C13H26N2O2. The molecule has 2 atom stereocenters. The highest BCUT2D eigenvalue weighted by atomic mass is 16.3. The first-order valence-corrected chi connectivity index (χ1v) is 6.77. The van der Waals surface area contributed by atoms with Gasteiger partial charge in [-0.05, 0) is 25.7 Å². The molecule has 0 aromatic rings. The summed E-state index contributed by atoms with van der Waals surface area (Å²) in [6.07, 6.45) is 4.76. The average molecular weight is 242 g/mol. The molecule has 1 rings (SSSR count). The summed E-state index contributed by atoms with van der Waals surface area (Å²) in [7, 11) is 0. The van der Waals surface area contributed by atoms with Crippen molar-refractivity contribution in [1.82, 2.24) is 10.2 Å². The van der Waals surface area contributed by atoms with Gasteiger partial charge >= 0.3 is 0 Å². The maximum Gasteiger partial charge on any atom is 0.236 e. The van der Waals surface area contributed by atoms with Crippen LogP contribution >= 0.6 is 0 Å². The van der Waals surface area contributed by atoms with Crippen LogP contribution < -0.4 is 5.32 Å². The van der Waals surface area contributed by atoms with Crippen molar-refractivity contribution >= 4 is 5.91 Å². The fourth-order valence-corrected chi connectivity index (χ4v) is 2.04. The molecule has 0 aliphatic carbocycles. The van der Waals surface area contributed by atoms with Crippen molar-refractivity contribution in [2.24, 2.45) is 5.92 Å². The Labute approximate surface area is 104 Å². The summed E-state index contributed by atoms with van der Waals surface area (Å²) in [6, 6.07) is 0.177. The Balaban J connectivity index is 2.28. The van der Waals surface area contributed by atoms with Gasteiger partial charge in [-0.15, -0.1) is 0 Å². The summed E-state index contributed by atoms with van der Waals surface area (Å²) in [6.45, 7) is 6.36. The third-order valence-electron chi connectivity index (χ3n) is 3.68. The molecule has 0 aromatic heterocycles. The fourth-order valence-electron chi connectivity index (χ4n) is 2.04. The highest BCUT2D eigenvalue weighted by molar-refractivity contribution is 5.78. The van der Waals surface area contributed by atoms with Crippen LogP contribution in [0.5, 0.6) is 0 Å². The van der Waals surface area contributed by atoms with Crippen LogP contribution in [0.25, 0.3) is 0 Å². The predicted octanol–water partition coefficient (Wildman–Crippen LogP) is 0.995. The van der Waals surface area contributed by atoms with Crippen LogP contribution in [0.1, 0.15) is 39.5 Å². The molecule has 1 amide bonds. The molecule has 1 aliphatic rings. The van der Waals surface area contributed by atoms with Crippen LogP contribution in [-0.2, 0) is 4.79 Å². The number of likely N-dealkylation sites (tertiary alicyclic amines) is 1. The summed E-state index contributed by atoms with van der Waals surface area (Å²) in [5.41, 5.74) is 0. The summed E-state index contributed by atoms with van der Waals surface area (Å²) >= 11 is 0. The molecule has 1 fully saturated rings. The Morgan fingerprint density at radius 1 is 1.24 bits per heavy atom. The zero-order chi connectivity index (χ0) is 12.7. The molecule has 1 heterocycles. The number of hydrogen-bond donors (Lipinski definition) is 2. The minimum Gasteiger partial charge on any atom is -0.396 e. The van der Waals surface area contributed by atoms with Gasteiger partial charge in [0.2, 0.25) is 5.91 Å². The number of carbonyl (C=O) groups is 1. The SMILES string of the molecule is CC(CO)C(C)NCC(=O)N1CCCCCC1. The van der Waals surface area contributed by atoms with Gasteiger partial charge in [-0.1, -0.05) is 19.8 Å². The van der Waals surface area contributed by atoms with Gasteiger partial charge in [-0.25, -0.2) is 0 Å². The van der Waals surface area contributed by atoms with Gasteiger partial charge in [0.1, 0.15) is 0 Å². The van der Waals surface area contributed by atoms with Crippen LogP contribution in [-0.4, -0.2) is 48.2 Å². The van der Waals surface area contributed by atoms with E-state index in [2.05, 4.69) is 5.32 Å². The minimum absolute atomic E-state index is 0.159. The Hall–Kier alpha value is -0.610. The number of amides is 1. The number of rotatable bonds is 5. The smallest absolute Gasteiger partial charge is 0.236 e. The third-order valence-corrected chi connectivity index (χ3v) is 3.68. The van der Waals surface area contributed by atoms with Crippen LogP contribution in [0.3, 0.4) is 0 Å². The molecule has 1 aliphatic heterocycles.